The number of thiazole rings is 1. The average Bonchev–Trinajstić information content (AvgIpc) is 3.28. The third-order valence-corrected chi connectivity index (χ3v) is 7.90. The lowest BCUT2D eigenvalue weighted by atomic mass is 10.1. The van der Waals surface area contributed by atoms with Crippen LogP contribution in [-0.2, 0) is 25.8 Å². The van der Waals surface area contributed by atoms with E-state index in [1.807, 2.05) is 48.4 Å². The van der Waals surface area contributed by atoms with Gasteiger partial charge in [0, 0.05) is 18.4 Å². The molecule has 10 nitrogen and oxygen atoms in total. The zero-order valence-corrected chi connectivity index (χ0v) is 20.6. The number of hydrogen-bond acceptors (Lipinski definition) is 10. The fraction of sp³-hybridized carbons (Fsp3) is 0.136. The SMILES string of the molecule is CN1/C(=C/C=c2/s/c(=C3\SC(=S)N(CC(=O)ON)C3=O)n(CC(=O)O)c2=O)C=Cc2ccccc21. The third kappa shape index (κ3) is 4.84. The van der Waals surface area contributed by atoms with Crippen molar-refractivity contribution in [3.05, 3.63) is 67.2 Å². The van der Waals surface area contributed by atoms with Crippen LogP contribution in [0, 0.1) is 0 Å². The highest BCUT2D eigenvalue weighted by molar-refractivity contribution is 8.30. The van der Waals surface area contributed by atoms with E-state index in [1.54, 1.807) is 12.2 Å². The lowest BCUT2D eigenvalue weighted by Crippen LogP contribution is -2.37. The van der Waals surface area contributed by atoms with Gasteiger partial charge in [-0.05, 0) is 29.9 Å². The first kappa shape index (κ1) is 24.6. The van der Waals surface area contributed by atoms with Gasteiger partial charge in [0.2, 0.25) is 0 Å². The van der Waals surface area contributed by atoms with Crippen LogP contribution in [0.25, 0.3) is 17.1 Å². The van der Waals surface area contributed by atoms with Crippen molar-refractivity contribution in [2.24, 2.45) is 5.90 Å². The van der Waals surface area contributed by atoms with Crippen LogP contribution >= 0.6 is 35.3 Å². The second-order valence-electron chi connectivity index (χ2n) is 7.34. The highest BCUT2D eigenvalue weighted by atomic mass is 32.2. The molecule has 1 fully saturated rings. The fourth-order valence-electron chi connectivity index (χ4n) is 3.50. The Balaban J connectivity index is 1.81. The molecule has 4 rings (SSSR count). The number of carbonyl (C=O) groups is 3. The van der Waals surface area contributed by atoms with Crippen LogP contribution in [-0.4, -0.2) is 50.3 Å². The number of thiocarbonyl (C=S) groups is 1. The molecule has 13 heteroatoms. The molecule has 0 atom stereocenters. The summed E-state index contributed by atoms with van der Waals surface area (Å²) < 4.78 is 1.46. The van der Waals surface area contributed by atoms with Crippen LogP contribution in [0.15, 0.2) is 46.9 Å². The number of fused-ring (bicyclic) bond motifs is 1. The molecule has 0 bridgehead atoms. The highest BCUT2D eigenvalue weighted by Crippen LogP contribution is 2.31. The molecule has 180 valence electrons. The van der Waals surface area contributed by atoms with Gasteiger partial charge in [-0.2, -0.15) is 5.90 Å². The summed E-state index contributed by atoms with van der Waals surface area (Å²) in [4.78, 5) is 56.1. The number of nitrogens with zero attached hydrogens (tertiary/aromatic N) is 3. The number of likely N-dealkylation sites (N-methyl/N-ethyl adjacent to an activating group) is 1. The molecule has 0 radical (unpaired) electrons. The number of aliphatic carboxylic acids is 1. The summed E-state index contributed by atoms with van der Waals surface area (Å²) in [6.45, 7) is -1.14. The number of carboxylic acid groups (broad SMARTS) is 1. The van der Waals surface area contributed by atoms with Gasteiger partial charge in [-0.15, -0.1) is 11.3 Å². The molecule has 0 unspecified atom stereocenters. The number of carboxylic acids is 1. The standard InChI is InChI=1S/C22H18N4O6S3/c1-24-13(7-6-12-4-2-3-5-14(12)24)8-9-15-19(30)25(10-16(27)28)21(34-15)18-20(31)26(22(33)35-18)11-17(29)32-23/h2-9H,10-11,23H2,1H3,(H,27,28)/b13-8+,15-9+,21-18-. The number of amides is 1. The highest BCUT2D eigenvalue weighted by Gasteiger charge is 2.35. The summed E-state index contributed by atoms with van der Waals surface area (Å²) in [5.74, 6) is 2.10. The summed E-state index contributed by atoms with van der Waals surface area (Å²) in [5, 5.41) is 9.34. The first-order chi connectivity index (χ1) is 16.7. The summed E-state index contributed by atoms with van der Waals surface area (Å²) in [6.07, 6.45) is 7.20. The van der Waals surface area contributed by atoms with Crippen LogP contribution < -0.4 is 25.6 Å². The molecule has 1 amide bonds. The molecule has 1 saturated heterocycles. The molecule has 0 aliphatic carbocycles. The number of benzene rings is 1. The molecule has 0 saturated carbocycles. The first-order valence-corrected chi connectivity index (χ1v) is 12.1. The van der Waals surface area contributed by atoms with Crippen LogP contribution in [0.5, 0.6) is 0 Å². The molecule has 2 aliphatic rings. The second kappa shape index (κ2) is 10.00. The Labute approximate surface area is 211 Å². The van der Waals surface area contributed by atoms with Gasteiger partial charge in [0.1, 0.15) is 27.0 Å². The van der Waals surface area contributed by atoms with Gasteiger partial charge >= 0.3 is 11.9 Å². The van der Waals surface area contributed by atoms with Gasteiger partial charge in [0.25, 0.3) is 11.5 Å². The van der Waals surface area contributed by atoms with E-state index in [0.29, 0.717) is 0 Å². The van der Waals surface area contributed by atoms with E-state index in [9.17, 15) is 24.3 Å². The number of carbonyl (C=O) groups excluding carboxylic acids is 2. The van der Waals surface area contributed by atoms with Crippen molar-refractivity contribution in [2.45, 2.75) is 6.54 Å². The van der Waals surface area contributed by atoms with Crippen LogP contribution in [0.4, 0.5) is 5.69 Å². The molecule has 1 aromatic carbocycles. The third-order valence-electron chi connectivity index (χ3n) is 5.19. The average molecular weight is 531 g/mol. The van der Waals surface area contributed by atoms with Crippen LogP contribution in [0.2, 0.25) is 0 Å². The van der Waals surface area contributed by atoms with E-state index < -0.39 is 36.5 Å². The lowest BCUT2D eigenvalue weighted by Gasteiger charge is -2.25. The van der Waals surface area contributed by atoms with E-state index in [-0.39, 0.29) is 18.4 Å². The molecule has 1 aromatic heterocycles. The summed E-state index contributed by atoms with van der Waals surface area (Å²) in [5.41, 5.74) is 2.31. The Kier molecular flexibility index (Phi) is 7.03. The minimum Gasteiger partial charge on any atom is -0.480 e. The largest absolute Gasteiger partial charge is 0.480 e. The Morgan fingerprint density at radius 3 is 2.63 bits per heavy atom. The fourth-order valence-corrected chi connectivity index (χ4v) is 5.95. The van der Waals surface area contributed by atoms with Crippen molar-refractivity contribution < 1.29 is 24.3 Å². The summed E-state index contributed by atoms with van der Waals surface area (Å²) in [6, 6.07) is 7.85. The van der Waals surface area contributed by atoms with Gasteiger partial charge in [-0.1, -0.05) is 48.3 Å². The van der Waals surface area contributed by atoms with E-state index >= 15 is 0 Å². The quantitative estimate of drug-likeness (QED) is 0.408. The maximum atomic E-state index is 13.1. The van der Waals surface area contributed by atoms with Crippen LogP contribution in [0.1, 0.15) is 5.56 Å². The van der Waals surface area contributed by atoms with Crippen molar-refractivity contribution in [1.29, 1.82) is 0 Å². The number of allylic oxidation sites excluding steroid dienone is 2. The Hall–Kier alpha value is -3.52. The molecular formula is C22H18N4O6S3. The Morgan fingerprint density at radius 1 is 1.17 bits per heavy atom. The van der Waals surface area contributed by atoms with Crippen molar-refractivity contribution in [3.63, 3.8) is 0 Å². The van der Waals surface area contributed by atoms with Crippen molar-refractivity contribution in [2.75, 3.05) is 18.5 Å². The number of para-hydroxylation sites is 1. The van der Waals surface area contributed by atoms with E-state index in [4.69, 9.17) is 18.1 Å². The number of rotatable bonds is 5. The Bertz CT molecular complexity index is 1500. The van der Waals surface area contributed by atoms with Gasteiger partial charge in [-0.25, -0.2) is 4.79 Å². The van der Waals surface area contributed by atoms with Crippen molar-refractivity contribution in [3.8, 4) is 0 Å². The number of nitrogens with two attached hydrogens (primary N) is 1. The number of hydrogen-bond donors (Lipinski definition) is 2. The van der Waals surface area contributed by atoms with Gasteiger partial charge < -0.3 is 14.8 Å². The van der Waals surface area contributed by atoms with Gasteiger partial charge in [0.15, 0.2) is 0 Å². The molecule has 3 heterocycles. The molecule has 0 spiro atoms. The number of aromatic nitrogens is 1. The van der Waals surface area contributed by atoms with Gasteiger partial charge in [-0.3, -0.25) is 23.9 Å². The topological polar surface area (TPSA) is 135 Å². The lowest BCUT2D eigenvalue weighted by molar-refractivity contribution is -0.146. The molecule has 35 heavy (non-hydrogen) atoms. The maximum Gasteiger partial charge on any atom is 0.344 e. The number of anilines is 1. The van der Waals surface area contributed by atoms with E-state index in [2.05, 4.69) is 4.84 Å². The maximum absolute atomic E-state index is 13.1. The summed E-state index contributed by atoms with van der Waals surface area (Å²) >= 11 is 7.03. The molecule has 3 N–H and O–H groups in total. The molecular weight excluding hydrogens is 512 g/mol. The molecule has 2 aromatic rings. The smallest absolute Gasteiger partial charge is 0.344 e. The first-order valence-electron chi connectivity index (χ1n) is 10.0. The minimum absolute atomic E-state index is 0.0547. The van der Waals surface area contributed by atoms with Crippen molar-refractivity contribution in [1.82, 2.24) is 9.47 Å². The zero-order valence-electron chi connectivity index (χ0n) is 18.2. The Morgan fingerprint density at radius 2 is 1.91 bits per heavy atom. The zero-order chi connectivity index (χ0) is 25.3. The van der Waals surface area contributed by atoms with E-state index in [0.717, 1.165) is 49.5 Å². The predicted molar refractivity (Wildman–Crippen MR) is 137 cm³/mol. The number of thioether (sulfide) groups is 1. The summed E-state index contributed by atoms with van der Waals surface area (Å²) in [7, 11) is 1.90. The minimum atomic E-state index is -1.25. The van der Waals surface area contributed by atoms with Crippen molar-refractivity contribution >= 4 is 80.2 Å². The normalized spacial score (nSPS) is 18.5. The van der Waals surface area contributed by atoms with Gasteiger partial charge in [0.05, 0.1) is 4.53 Å². The molecule has 2 aliphatic heterocycles. The van der Waals surface area contributed by atoms with Crippen LogP contribution in [0.3, 0.4) is 0 Å². The van der Waals surface area contributed by atoms with E-state index in [1.165, 1.54) is 0 Å². The monoisotopic (exact) mass is 530 g/mol. The second-order valence-corrected chi connectivity index (χ2v) is 10.0. The predicted octanol–water partition coefficient (Wildman–Crippen LogP) is 0.207.